The number of carbonyl (C=O) groups is 12. The Labute approximate surface area is 451 Å². The first-order chi connectivity index (χ1) is 36.3. The summed E-state index contributed by atoms with van der Waals surface area (Å²) in [5.74, 6) is -6.07. The van der Waals surface area contributed by atoms with Crippen LogP contribution in [0.3, 0.4) is 0 Å². The van der Waals surface area contributed by atoms with Crippen molar-refractivity contribution in [3.05, 3.63) is 0 Å². The predicted octanol–water partition coefficient (Wildman–Crippen LogP) is -5.54. The third-order valence-corrected chi connectivity index (χ3v) is 14.1. The standard InChI is InChI=1S/C24H41N5O8S.C23H40N6O8S/c1-15(32)28-18(24(37)27-10-12-31)14-38-20-13-19(33)16(22(20)35)6-7-21(34)29-17(5-3-4-8-25-2)23(36)26-9-11-30;1-15(32)27-17(22(36)26-9-12-31)14-38-18-13-20(34)29(23(18)37)10-6-19(33)28-16(5-3-4-7-24-2)21(35)25-8-11-30/h16-18,20,25,30-31H,3-14H2,1-2H3,(H,26,36)(H,27,37)(H,28,32)(H,29,34);16-18,24,30-31H,3-14H2,1-2H3,(H,25,35)(H,26,36)(H,27,32)(H,28,33). The van der Waals surface area contributed by atoms with Crippen LogP contribution in [0.25, 0.3) is 0 Å². The number of hydrogen-bond acceptors (Lipinski definition) is 20. The first kappa shape index (κ1) is 68.7. The van der Waals surface area contributed by atoms with Gasteiger partial charge >= 0.3 is 0 Å². The fourth-order valence-corrected chi connectivity index (χ4v) is 10.1. The Balaban J connectivity index is 0.000000760. The Morgan fingerprint density at radius 2 is 0.947 bits per heavy atom. The maximum atomic E-state index is 12.9. The lowest BCUT2D eigenvalue weighted by molar-refractivity contribution is -0.139. The van der Waals surface area contributed by atoms with Crippen molar-refractivity contribution in [3.63, 3.8) is 0 Å². The minimum Gasteiger partial charge on any atom is -0.395 e. The van der Waals surface area contributed by atoms with Gasteiger partial charge < -0.3 is 73.6 Å². The van der Waals surface area contributed by atoms with E-state index in [1.807, 2.05) is 14.1 Å². The molecule has 0 radical (unpaired) electrons. The molecular formula is C47H81N11O16S2. The molecule has 2 rings (SSSR count). The lowest BCUT2D eigenvalue weighted by Gasteiger charge is -2.20. The van der Waals surface area contributed by atoms with Gasteiger partial charge in [0.25, 0.3) is 0 Å². The summed E-state index contributed by atoms with van der Waals surface area (Å²) >= 11 is 2.15. The van der Waals surface area contributed by atoms with Crippen LogP contribution in [0.4, 0.5) is 0 Å². The molecule has 1 saturated heterocycles. The van der Waals surface area contributed by atoms with Crippen molar-refractivity contribution in [1.82, 2.24) is 58.1 Å². The molecule has 27 nitrogen and oxygen atoms in total. The smallest absolute Gasteiger partial charge is 0.243 e. The van der Waals surface area contributed by atoms with Crippen LogP contribution in [0.2, 0.25) is 0 Å². The molecule has 2 aliphatic rings. The summed E-state index contributed by atoms with van der Waals surface area (Å²) in [7, 11) is 3.63. The topological polar surface area (TPSA) is 409 Å². The van der Waals surface area contributed by atoms with E-state index in [2.05, 4.69) is 53.2 Å². The van der Waals surface area contributed by atoms with Gasteiger partial charge in [0, 0.05) is 83.8 Å². The molecule has 1 aliphatic carbocycles. The third-order valence-electron chi connectivity index (χ3n) is 11.5. The lowest BCUT2D eigenvalue weighted by Crippen LogP contribution is -2.48. The number of aliphatic hydroxyl groups is 4. The zero-order valence-corrected chi connectivity index (χ0v) is 45.6. The van der Waals surface area contributed by atoms with Gasteiger partial charge in [-0.15, -0.1) is 23.5 Å². The quantitative estimate of drug-likeness (QED) is 0.0156. The van der Waals surface area contributed by atoms with Crippen LogP contribution < -0.4 is 53.2 Å². The van der Waals surface area contributed by atoms with E-state index in [0.717, 1.165) is 54.4 Å². The van der Waals surface area contributed by atoms with Gasteiger partial charge in [-0.1, -0.05) is 0 Å². The number of amides is 10. The van der Waals surface area contributed by atoms with Crippen molar-refractivity contribution in [2.75, 3.05) is 97.8 Å². The molecule has 76 heavy (non-hydrogen) atoms. The van der Waals surface area contributed by atoms with Gasteiger partial charge in [-0.3, -0.25) is 62.4 Å². The number of aliphatic hydroxyl groups excluding tert-OH is 4. The van der Waals surface area contributed by atoms with Gasteiger partial charge in [0.15, 0.2) is 5.78 Å². The Bertz CT molecular complexity index is 1790. The molecule has 0 aromatic heterocycles. The lowest BCUT2D eigenvalue weighted by atomic mass is 9.99. The fourth-order valence-electron chi connectivity index (χ4n) is 7.62. The van der Waals surface area contributed by atoms with Crippen molar-refractivity contribution in [2.45, 2.75) is 119 Å². The van der Waals surface area contributed by atoms with Crippen molar-refractivity contribution in [2.24, 2.45) is 5.92 Å². The number of nitrogens with one attached hydrogen (secondary N) is 10. The molecular weight excluding hydrogens is 1040 g/mol. The highest BCUT2D eigenvalue weighted by Gasteiger charge is 2.42. The first-order valence-electron chi connectivity index (χ1n) is 25.4. The van der Waals surface area contributed by atoms with E-state index in [1.165, 1.54) is 13.8 Å². The van der Waals surface area contributed by atoms with Crippen molar-refractivity contribution in [1.29, 1.82) is 0 Å². The Hall–Kier alpha value is -5.30. The van der Waals surface area contributed by atoms with Crippen molar-refractivity contribution < 1.29 is 78.0 Å². The van der Waals surface area contributed by atoms with Gasteiger partial charge in [-0.2, -0.15) is 0 Å². The SMILES string of the molecule is CNCCCCC(NC(=O)CCC1C(=O)CC(SCC(NC(C)=O)C(=O)NCCO)C1=O)C(=O)NCCO.CNCCCCC(NC(=O)CCN1C(=O)CC(SCC(NC(C)=O)C(=O)NCCO)C1=O)C(=O)NCCO. The average Bonchev–Trinajstić information content (AvgIpc) is 3.82. The molecule has 14 N–H and O–H groups in total. The normalized spacial score (nSPS) is 17.6. The zero-order chi connectivity index (χ0) is 57.0. The first-order valence-corrected chi connectivity index (χ1v) is 27.5. The molecule has 2 fully saturated rings. The monoisotopic (exact) mass is 1120 g/mol. The van der Waals surface area contributed by atoms with Crippen LogP contribution in [0, 0.1) is 5.92 Å². The number of hydrogen-bond donors (Lipinski definition) is 14. The average molecular weight is 1120 g/mol. The van der Waals surface area contributed by atoms with Gasteiger partial charge in [-0.25, -0.2) is 0 Å². The van der Waals surface area contributed by atoms with E-state index in [0.29, 0.717) is 25.7 Å². The van der Waals surface area contributed by atoms with Gasteiger partial charge in [-0.05, 0) is 72.1 Å². The highest BCUT2D eigenvalue weighted by atomic mass is 32.2. The highest BCUT2D eigenvalue weighted by Crippen LogP contribution is 2.32. The highest BCUT2D eigenvalue weighted by molar-refractivity contribution is 8.01. The van der Waals surface area contributed by atoms with E-state index in [9.17, 15) is 57.5 Å². The van der Waals surface area contributed by atoms with Crippen LogP contribution in [0.1, 0.15) is 84.5 Å². The molecule has 1 heterocycles. The molecule has 29 heteroatoms. The summed E-state index contributed by atoms with van der Waals surface area (Å²) in [4.78, 5) is 149. The number of Topliss-reactive ketones (excluding diaryl/α,β-unsaturated/α-hetero) is 2. The maximum absolute atomic E-state index is 12.9. The summed E-state index contributed by atoms with van der Waals surface area (Å²) in [5, 5.41) is 60.5. The van der Waals surface area contributed by atoms with E-state index >= 15 is 0 Å². The number of carbonyl (C=O) groups excluding carboxylic acids is 12. The van der Waals surface area contributed by atoms with Crippen LogP contribution in [-0.4, -0.2) is 228 Å². The zero-order valence-electron chi connectivity index (χ0n) is 44.0. The number of rotatable bonds is 38. The maximum Gasteiger partial charge on any atom is 0.243 e. The Morgan fingerprint density at radius 1 is 0.539 bits per heavy atom. The second kappa shape index (κ2) is 40.0. The number of unbranched alkanes of at least 4 members (excludes halogenated alkanes) is 2. The second-order valence-corrected chi connectivity index (χ2v) is 20.1. The minimum absolute atomic E-state index is 0.0101. The number of nitrogens with zero attached hydrogens (tertiary/aromatic N) is 1. The largest absolute Gasteiger partial charge is 0.395 e. The second-order valence-electron chi connectivity index (χ2n) is 17.6. The van der Waals surface area contributed by atoms with E-state index < -0.39 is 99.7 Å². The summed E-state index contributed by atoms with van der Waals surface area (Å²) in [6, 6.07) is -3.47. The molecule has 1 aliphatic heterocycles. The molecule has 432 valence electrons. The Kier molecular flexibility index (Phi) is 36.2. The predicted molar refractivity (Wildman–Crippen MR) is 281 cm³/mol. The summed E-state index contributed by atoms with van der Waals surface area (Å²) in [6.45, 7) is 3.04. The Morgan fingerprint density at radius 3 is 1.36 bits per heavy atom. The molecule has 0 aromatic rings. The van der Waals surface area contributed by atoms with Gasteiger partial charge in [0.05, 0.1) is 42.8 Å². The molecule has 10 amide bonds. The number of likely N-dealkylation sites (tertiary alicyclic amines) is 1. The van der Waals surface area contributed by atoms with Crippen LogP contribution >= 0.6 is 23.5 Å². The minimum atomic E-state index is -0.950. The van der Waals surface area contributed by atoms with Gasteiger partial charge in [0.2, 0.25) is 59.1 Å². The fraction of sp³-hybridized carbons (Fsp3) is 0.745. The van der Waals surface area contributed by atoms with E-state index in [1.54, 1.807) is 0 Å². The summed E-state index contributed by atoms with van der Waals surface area (Å²) < 4.78 is 0. The van der Waals surface area contributed by atoms with Crippen LogP contribution in [0.15, 0.2) is 0 Å². The van der Waals surface area contributed by atoms with Crippen LogP contribution in [0.5, 0.6) is 0 Å². The molecule has 0 bridgehead atoms. The molecule has 1 saturated carbocycles. The molecule has 0 aromatic carbocycles. The number of imide groups is 1. The summed E-state index contributed by atoms with van der Waals surface area (Å²) in [5.41, 5.74) is 0. The molecule has 7 atom stereocenters. The van der Waals surface area contributed by atoms with Crippen molar-refractivity contribution in [3.8, 4) is 0 Å². The van der Waals surface area contributed by atoms with Crippen molar-refractivity contribution >= 4 is 94.2 Å². The number of thioether (sulfide) groups is 2. The van der Waals surface area contributed by atoms with E-state index in [4.69, 9.17) is 20.4 Å². The van der Waals surface area contributed by atoms with Gasteiger partial charge in [0.1, 0.15) is 30.0 Å². The number of ketones is 2. The molecule has 0 spiro atoms. The molecule has 7 unspecified atom stereocenters. The van der Waals surface area contributed by atoms with Crippen LogP contribution in [-0.2, 0) is 57.5 Å². The third kappa shape index (κ3) is 27.7. The van der Waals surface area contributed by atoms with E-state index in [-0.39, 0.29) is 114 Å². The summed E-state index contributed by atoms with van der Waals surface area (Å²) in [6.07, 6.45) is 3.36.